The van der Waals surface area contributed by atoms with E-state index < -0.39 is 0 Å². The fourth-order valence-electron chi connectivity index (χ4n) is 1.88. The van der Waals surface area contributed by atoms with Gasteiger partial charge in [-0.2, -0.15) is 9.97 Å². The fourth-order valence-corrected chi connectivity index (χ4v) is 1.88. The van der Waals surface area contributed by atoms with Crippen LogP contribution in [0.15, 0.2) is 30.6 Å². The highest BCUT2D eigenvalue weighted by Gasteiger charge is 2.11. The van der Waals surface area contributed by atoms with E-state index in [0.717, 1.165) is 19.3 Å². The third-order valence-electron chi connectivity index (χ3n) is 2.93. The summed E-state index contributed by atoms with van der Waals surface area (Å²) in [5.41, 5.74) is 7.58. The first kappa shape index (κ1) is 15.1. The highest BCUT2D eigenvalue weighted by molar-refractivity contribution is 5.56. The minimum atomic E-state index is 0.319. The number of nitrogens with zero attached hydrogens (tertiary/aromatic N) is 2. The molecule has 0 saturated heterocycles. The Kier molecular flexibility index (Phi) is 5.37. The Morgan fingerprint density at radius 1 is 1.00 bits per heavy atom. The highest BCUT2D eigenvalue weighted by atomic mass is 16.5. The quantitative estimate of drug-likeness (QED) is 0.842. The summed E-state index contributed by atoms with van der Waals surface area (Å²) in [4.78, 5) is 8.08. The van der Waals surface area contributed by atoms with Gasteiger partial charge in [-0.1, -0.05) is 32.4 Å². The van der Waals surface area contributed by atoms with Gasteiger partial charge in [-0.25, -0.2) is 0 Å². The SMILES string of the molecule is CCCOc1ncnc(Oc2ccc(CCC)cc2)c1N. The number of ether oxygens (including phenoxy) is 2. The van der Waals surface area contributed by atoms with Gasteiger partial charge in [-0.3, -0.25) is 0 Å². The number of hydrogen-bond donors (Lipinski definition) is 1. The van der Waals surface area contributed by atoms with Crippen molar-refractivity contribution in [3.8, 4) is 17.5 Å². The van der Waals surface area contributed by atoms with E-state index in [9.17, 15) is 0 Å². The molecule has 2 rings (SSSR count). The maximum absolute atomic E-state index is 5.97. The number of nitrogen functional groups attached to an aromatic ring is 1. The van der Waals surface area contributed by atoms with Gasteiger partial charge >= 0.3 is 0 Å². The topological polar surface area (TPSA) is 70.3 Å². The van der Waals surface area contributed by atoms with Crippen LogP contribution in [0.2, 0.25) is 0 Å². The summed E-state index contributed by atoms with van der Waals surface area (Å²) in [6, 6.07) is 7.92. The van der Waals surface area contributed by atoms with Crippen molar-refractivity contribution in [1.82, 2.24) is 9.97 Å². The highest BCUT2D eigenvalue weighted by Crippen LogP contribution is 2.30. The number of hydrogen-bond acceptors (Lipinski definition) is 5. The second kappa shape index (κ2) is 7.47. The van der Waals surface area contributed by atoms with Crippen LogP contribution in [0.1, 0.15) is 32.3 Å². The Labute approximate surface area is 125 Å². The Hall–Kier alpha value is -2.30. The molecule has 0 unspecified atom stereocenters. The average Bonchev–Trinajstić information content (AvgIpc) is 2.50. The van der Waals surface area contributed by atoms with Gasteiger partial charge in [0.05, 0.1) is 6.61 Å². The predicted octanol–water partition coefficient (Wildman–Crippen LogP) is 3.59. The zero-order valence-corrected chi connectivity index (χ0v) is 12.5. The Bertz CT molecular complexity index is 570. The van der Waals surface area contributed by atoms with E-state index >= 15 is 0 Å². The van der Waals surface area contributed by atoms with Crippen LogP contribution < -0.4 is 15.2 Å². The molecule has 0 aliphatic carbocycles. The number of anilines is 1. The van der Waals surface area contributed by atoms with Crippen molar-refractivity contribution < 1.29 is 9.47 Å². The molecule has 5 heteroatoms. The van der Waals surface area contributed by atoms with Crippen LogP contribution in [0.4, 0.5) is 5.69 Å². The van der Waals surface area contributed by atoms with Gasteiger partial charge in [0.15, 0.2) is 5.69 Å². The van der Waals surface area contributed by atoms with Crippen LogP contribution in [0, 0.1) is 0 Å². The number of aromatic nitrogens is 2. The molecule has 0 aliphatic heterocycles. The molecule has 1 aromatic heterocycles. The van der Waals surface area contributed by atoms with Crippen molar-refractivity contribution >= 4 is 5.69 Å². The second-order valence-corrected chi connectivity index (χ2v) is 4.74. The van der Waals surface area contributed by atoms with Gasteiger partial charge in [0.25, 0.3) is 0 Å². The molecule has 2 N–H and O–H groups in total. The Morgan fingerprint density at radius 2 is 1.71 bits per heavy atom. The largest absolute Gasteiger partial charge is 0.476 e. The molecule has 0 aliphatic rings. The number of aryl methyl sites for hydroxylation is 1. The van der Waals surface area contributed by atoms with Gasteiger partial charge in [-0.15, -0.1) is 0 Å². The Balaban J connectivity index is 2.11. The molecule has 0 radical (unpaired) electrons. The molecule has 0 spiro atoms. The summed E-state index contributed by atoms with van der Waals surface area (Å²) < 4.78 is 11.2. The van der Waals surface area contributed by atoms with Gasteiger partial charge in [0.2, 0.25) is 11.8 Å². The lowest BCUT2D eigenvalue weighted by molar-refractivity contribution is 0.304. The maximum atomic E-state index is 5.97. The summed E-state index contributed by atoms with van der Waals surface area (Å²) in [5, 5.41) is 0. The van der Waals surface area contributed by atoms with Crippen LogP contribution in [0.5, 0.6) is 17.5 Å². The molecule has 5 nitrogen and oxygen atoms in total. The minimum absolute atomic E-state index is 0.319. The molecule has 2 aromatic rings. The third-order valence-corrected chi connectivity index (χ3v) is 2.93. The zero-order chi connectivity index (χ0) is 15.1. The summed E-state index contributed by atoms with van der Waals surface area (Å²) in [6.45, 7) is 4.74. The first-order valence-electron chi connectivity index (χ1n) is 7.24. The van der Waals surface area contributed by atoms with Gasteiger partial charge < -0.3 is 15.2 Å². The fraction of sp³-hybridized carbons (Fsp3) is 0.375. The lowest BCUT2D eigenvalue weighted by Gasteiger charge is -2.11. The van der Waals surface area contributed by atoms with Crippen molar-refractivity contribution in [3.63, 3.8) is 0 Å². The maximum Gasteiger partial charge on any atom is 0.249 e. The lowest BCUT2D eigenvalue weighted by atomic mass is 10.1. The zero-order valence-electron chi connectivity index (χ0n) is 12.5. The third kappa shape index (κ3) is 4.08. The van der Waals surface area contributed by atoms with Crippen molar-refractivity contribution in [2.75, 3.05) is 12.3 Å². The van der Waals surface area contributed by atoms with E-state index in [2.05, 4.69) is 16.9 Å². The number of benzene rings is 1. The van der Waals surface area contributed by atoms with Crippen LogP contribution in [0.3, 0.4) is 0 Å². The first-order valence-corrected chi connectivity index (χ1v) is 7.24. The van der Waals surface area contributed by atoms with Crippen molar-refractivity contribution in [2.45, 2.75) is 33.1 Å². The van der Waals surface area contributed by atoms with Gasteiger partial charge in [-0.05, 0) is 30.5 Å². The predicted molar refractivity (Wildman–Crippen MR) is 82.7 cm³/mol. The van der Waals surface area contributed by atoms with E-state index in [0.29, 0.717) is 29.8 Å². The molecule has 1 heterocycles. The van der Waals surface area contributed by atoms with Crippen LogP contribution in [-0.4, -0.2) is 16.6 Å². The van der Waals surface area contributed by atoms with Crippen LogP contribution in [-0.2, 0) is 6.42 Å². The second-order valence-electron chi connectivity index (χ2n) is 4.74. The van der Waals surface area contributed by atoms with E-state index in [1.165, 1.54) is 11.9 Å². The monoisotopic (exact) mass is 287 g/mol. The van der Waals surface area contributed by atoms with Crippen molar-refractivity contribution in [3.05, 3.63) is 36.2 Å². The molecule has 1 aromatic carbocycles. The van der Waals surface area contributed by atoms with Crippen LogP contribution in [0.25, 0.3) is 0 Å². The minimum Gasteiger partial charge on any atom is -0.476 e. The van der Waals surface area contributed by atoms with E-state index in [1.54, 1.807) is 0 Å². The standard InChI is InChI=1S/C16H21N3O2/c1-3-5-12-6-8-13(9-7-12)21-16-14(17)15(18-11-19-16)20-10-4-2/h6-9,11H,3-5,10,17H2,1-2H3. The molecule has 0 fully saturated rings. The van der Waals surface area contributed by atoms with E-state index in [-0.39, 0.29) is 0 Å². The van der Waals surface area contributed by atoms with E-state index in [4.69, 9.17) is 15.2 Å². The molecule has 0 atom stereocenters. The number of rotatable bonds is 7. The first-order chi connectivity index (χ1) is 10.2. The van der Waals surface area contributed by atoms with Crippen molar-refractivity contribution in [2.24, 2.45) is 0 Å². The van der Waals surface area contributed by atoms with E-state index in [1.807, 2.05) is 31.2 Å². The molecule has 0 amide bonds. The molecular formula is C16H21N3O2. The molecular weight excluding hydrogens is 266 g/mol. The van der Waals surface area contributed by atoms with Gasteiger partial charge in [0, 0.05) is 0 Å². The molecule has 112 valence electrons. The Morgan fingerprint density at radius 3 is 2.38 bits per heavy atom. The summed E-state index contributed by atoms with van der Waals surface area (Å²) in [7, 11) is 0. The van der Waals surface area contributed by atoms with Gasteiger partial charge in [0.1, 0.15) is 12.1 Å². The summed E-state index contributed by atoms with van der Waals surface area (Å²) >= 11 is 0. The molecule has 0 bridgehead atoms. The summed E-state index contributed by atoms with van der Waals surface area (Å²) in [6.07, 6.45) is 4.46. The van der Waals surface area contributed by atoms with Crippen molar-refractivity contribution in [1.29, 1.82) is 0 Å². The molecule has 0 saturated carbocycles. The summed E-state index contributed by atoms with van der Waals surface area (Å²) in [5.74, 6) is 1.38. The smallest absolute Gasteiger partial charge is 0.249 e. The number of nitrogens with two attached hydrogens (primary N) is 1. The van der Waals surface area contributed by atoms with Crippen LogP contribution >= 0.6 is 0 Å². The average molecular weight is 287 g/mol. The molecule has 21 heavy (non-hydrogen) atoms. The lowest BCUT2D eigenvalue weighted by Crippen LogP contribution is -2.04. The normalized spacial score (nSPS) is 10.4.